The van der Waals surface area contributed by atoms with Gasteiger partial charge in [-0.1, -0.05) is 43.0 Å². The molecule has 0 aromatic heterocycles. The lowest BCUT2D eigenvalue weighted by Gasteiger charge is -2.36. The first-order valence-electron chi connectivity index (χ1n) is 6.44. The van der Waals surface area contributed by atoms with Crippen LogP contribution in [0.4, 0.5) is 0 Å². The van der Waals surface area contributed by atoms with Gasteiger partial charge in [0, 0.05) is 22.7 Å². The molecule has 0 saturated heterocycles. The minimum Gasteiger partial charge on any atom is -0.242 e. The van der Waals surface area contributed by atoms with Gasteiger partial charge in [-0.3, -0.25) is 0 Å². The van der Waals surface area contributed by atoms with E-state index in [1.54, 1.807) is 0 Å². The van der Waals surface area contributed by atoms with Gasteiger partial charge in [0.25, 0.3) is 0 Å². The molecule has 92 valence electrons. The van der Waals surface area contributed by atoms with Crippen molar-refractivity contribution in [3.05, 3.63) is 29.8 Å². The predicted molar refractivity (Wildman–Crippen MR) is 77.4 cm³/mol. The molecule has 0 radical (unpaired) electrons. The molecule has 2 aliphatic rings. The normalized spacial score (nSPS) is 29.2. The highest BCUT2D eigenvalue weighted by atomic mass is 32.2. The van der Waals surface area contributed by atoms with Crippen LogP contribution in [0.5, 0.6) is 0 Å². The van der Waals surface area contributed by atoms with Gasteiger partial charge in [-0.15, -0.1) is 11.8 Å². The predicted octanol–water partition coefficient (Wildman–Crippen LogP) is 4.18. The average molecular weight is 265 g/mol. The molecule has 1 aromatic carbocycles. The maximum absolute atomic E-state index is 2.61. The zero-order valence-corrected chi connectivity index (χ0v) is 11.9. The summed E-state index contributed by atoms with van der Waals surface area (Å²) in [5.74, 6) is 0. The quantitative estimate of drug-likeness (QED) is 0.701. The summed E-state index contributed by atoms with van der Waals surface area (Å²) < 4.78 is 2.61. The second-order valence-corrected chi connectivity index (χ2v) is 6.99. The number of thioether (sulfide) groups is 1. The molecule has 0 amide bonds. The fraction of sp³-hybridized carbons (Fsp3) is 0.571. The van der Waals surface area contributed by atoms with Crippen molar-refractivity contribution in [2.45, 2.75) is 48.4 Å². The largest absolute Gasteiger partial charge is 0.242 e. The first-order chi connectivity index (χ1) is 8.38. The smallest absolute Gasteiger partial charge is 0.0355 e. The summed E-state index contributed by atoms with van der Waals surface area (Å²) in [7, 11) is 0. The third-order valence-electron chi connectivity index (χ3n) is 3.85. The summed E-state index contributed by atoms with van der Waals surface area (Å²) in [5.41, 5.74) is 1.52. The van der Waals surface area contributed by atoms with E-state index in [-0.39, 0.29) is 0 Å². The highest BCUT2D eigenvalue weighted by Gasteiger charge is 2.33. The van der Waals surface area contributed by atoms with Crippen LogP contribution in [0.2, 0.25) is 0 Å². The van der Waals surface area contributed by atoms with Gasteiger partial charge < -0.3 is 0 Å². The molecule has 0 N–H and O–H groups in total. The van der Waals surface area contributed by atoms with Crippen LogP contribution in [0.25, 0.3) is 0 Å². The molecule has 17 heavy (non-hydrogen) atoms. The molecule has 2 atom stereocenters. The van der Waals surface area contributed by atoms with Crippen LogP contribution in [0, 0.1) is 0 Å². The van der Waals surface area contributed by atoms with Gasteiger partial charge in [-0.2, -0.15) is 0 Å². The molecule has 1 saturated carbocycles. The third kappa shape index (κ3) is 2.38. The van der Waals surface area contributed by atoms with Crippen LogP contribution >= 0.6 is 23.7 Å². The number of rotatable bonds is 1. The van der Waals surface area contributed by atoms with E-state index in [1.165, 1.54) is 36.1 Å². The molecule has 1 aromatic rings. The molecule has 0 bridgehead atoms. The van der Waals surface area contributed by atoms with Crippen molar-refractivity contribution in [3.8, 4) is 0 Å². The highest BCUT2D eigenvalue weighted by Crippen LogP contribution is 2.42. The summed E-state index contributed by atoms with van der Waals surface area (Å²) in [6.45, 7) is 1.12. The molecule has 1 aliphatic heterocycles. The van der Waals surface area contributed by atoms with Gasteiger partial charge in [-0.25, -0.2) is 4.31 Å². The highest BCUT2D eigenvalue weighted by molar-refractivity contribution is 8.00. The van der Waals surface area contributed by atoms with Crippen molar-refractivity contribution in [3.63, 3.8) is 0 Å². The van der Waals surface area contributed by atoms with Gasteiger partial charge >= 0.3 is 0 Å². The zero-order valence-electron chi connectivity index (χ0n) is 10.3. The average Bonchev–Trinajstić information content (AvgIpc) is 2.54. The zero-order chi connectivity index (χ0) is 11.7. The number of fused-ring (bicyclic) bond motifs is 2. The third-order valence-corrected chi connectivity index (χ3v) is 6.22. The number of nitrogens with zero attached hydrogens (tertiary/aromatic N) is 1. The Kier molecular flexibility index (Phi) is 3.69. The van der Waals surface area contributed by atoms with E-state index < -0.39 is 0 Å². The number of benzene rings is 1. The van der Waals surface area contributed by atoms with Crippen LogP contribution in [-0.4, -0.2) is 21.9 Å². The van der Waals surface area contributed by atoms with Crippen LogP contribution in [-0.2, 0) is 6.54 Å². The Morgan fingerprint density at radius 3 is 2.94 bits per heavy atom. The van der Waals surface area contributed by atoms with Crippen LogP contribution < -0.4 is 0 Å². The maximum atomic E-state index is 2.61. The minimum absolute atomic E-state index is 0.774. The van der Waals surface area contributed by atoms with Crippen molar-refractivity contribution in [1.29, 1.82) is 0 Å². The van der Waals surface area contributed by atoms with Crippen molar-refractivity contribution in [1.82, 2.24) is 4.31 Å². The lowest BCUT2D eigenvalue weighted by atomic mass is 9.95. The van der Waals surface area contributed by atoms with Crippen molar-refractivity contribution in [2.75, 3.05) is 6.26 Å². The van der Waals surface area contributed by atoms with Gasteiger partial charge in [-0.05, 0) is 30.7 Å². The summed E-state index contributed by atoms with van der Waals surface area (Å²) in [6, 6.07) is 9.72. The Hall–Kier alpha value is -0.120. The molecule has 0 spiro atoms. The molecular formula is C14H19NS2. The molecule has 1 fully saturated rings. The van der Waals surface area contributed by atoms with Crippen molar-refractivity contribution >= 4 is 23.7 Å². The Balaban J connectivity index is 1.93. The molecule has 2 unspecified atom stereocenters. The Morgan fingerprint density at radius 2 is 2.06 bits per heavy atom. The second-order valence-electron chi connectivity index (χ2n) is 4.87. The molecule has 1 heterocycles. The van der Waals surface area contributed by atoms with Crippen LogP contribution in [0.15, 0.2) is 29.2 Å². The van der Waals surface area contributed by atoms with E-state index in [0.29, 0.717) is 0 Å². The number of hydrogen-bond donors (Lipinski definition) is 0. The van der Waals surface area contributed by atoms with Gasteiger partial charge in [0.2, 0.25) is 0 Å². The first kappa shape index (κ1) is 11.9. The standard InChI is InChI=1S/C14H19NS2/c1-16-15-10-11-6-2-4-8-13(11)17-14-9-5-3-7-12(14)15/h2,4,6,8,12,14H,3,5,7,9-10H2,1H3. The van der Waals surface area contributed by atoms with E-state index in [0.717, 1.165) is 17.8 Å². The topological polar surface area (TPSA) is 3.24 Å². The lowest BCUT2D eigenvalue weighted by Crippen LogP contribution is -2.38. The van der Waals surface area contributed by atoms with E-state index >= 15 is 0 Å². The van der Waals surface area contributed by atoms with Gasteiger partial charge in [0.1, 0.15) is 0 Å². The van der Waals surface area contributed by atoms with Gasteiger partial charge in [0.15, 0.2) is 0 Å². The summed E-state index contributed by atoms with van der Waals surface area (Å²) >= 11 is 4.05. The second kappa shape index (κ2) is 5.25. The summed E-state index contributed by atoms with van der Waals surface area (Å²) in [4.78, 5) is 1.51. The van der Waals surface area contributed by atoms with E-state index in [1.807, 2.05) is 11.9 Å². The fourth-order valence-corrected chi connectivity index (χ4v) is 5.30. The molecular weight excluding hydrogens is 246 g/mol. The van der Waals surface area contributed by atoms with E-state index in [9.17, 15) is 0 Å². The first-order valence-corrected chi connectivity index (χ1v) is 8.50. The minimum atomic E-state index is 0.774. The molecule has 1 nitrogen and oxygen atoms in total. The maximum Gasteiger partial charge on any atom is 0.0355 e. The lowest BCUT2D eigenvalue weighted by molar-refractivity contribution is 0.279. The van der Waals surface area contributed by atoms with Crippen molar-refractivity contribution in [2.24, 2.45) is 0 Å². The Labute approximate surface area is 112 Å². The Morgan fingerprint density at radius 1 is 1.24 bits per heavy atom. The van der Waals surface area contributed by atoms with Crippen LogP contribution in [0.3, 0.4) is 0 Å². The summed E-state index contributed by atoms with van der Waals surface area (Å²) in [5, 5.41) is 0.805. The molecule has 1 aliphatic carbocycles. The van der Waals surface area contributed by atoms with Crippen LogP contribution in [0.1, 0.15) is 31.2 Å². The number of hydrogen-bond acceptors (Lipinski definition) is 3. The SMILES string of the molecule is CSN1Cc2ccccc2SC2CCCCC21. The monoisotopic (exact) mass is 265 g/mol. The molecule has 3 rings (SSSR count). The van der Waals surface area contributed by atoms with Crippen molar-refractivity contribution < 1.29 is 0 Å². The summed E-state index contributed by atoms with van der Waals surface area (Å²) in [6.07, 6.45) is 7.82. The molecule has 3 heteroatoms. The van der Waals surface area contributed by atoms with Gasteiger partial charge in [0.05, 0.1) is 0 Å². The Bertz CT molecular complexity index is 367. The van der Waals surface area contributed by atoms with E-state index in [2.05, 4.69) is 46.6 Å². The van der Waals surface area contributed by atoms with E-state index in [4.69, 9.17) is 0 Å². The fourth-order valence-electron chi connectivity index (χ4n) is 2.94.